The van der Waals surface area contributed by atoms with E-state index in [1.54, 1.807) is 0 Å². The summed E-state index contributed by atoms with van der Waals surface area (Å²) in [5.41, 5.74) is 7.31. The number of para-hydroxylation sites is 2. The normalized spacial score (nSPS) is 11.7. The van der Waals surface area contributed by atoms with Crippen LogP contribution < -0.4 is 0 Å². The second-order valence-corrected chi connectivity index (χ2v) is 12.3. The lowest BCUT2D eigenvalue weighted by atomic mass is 9.98. The second kappa shape index (κ2) is 10.9. The third kappa shape index (κ3) is 4.63. The Morgan fingerprint density at radius 1 is 0.367 bits per heavy atom. The molecule has 0 fully saturated rings. The van der Waals surface area contributed by atoms with Crippen molar-refractivity contribution in [3.63, 3.8) is 0 Å². The fourth-order valence-corrected chi connectivity index (χ4v) is 6.85. The van der Waals surface area contributed by atoms with Crippen LogP contribution in [0.2, 0.25) is 0 Å². The van der Waals surface area contributed by atoms with Gasteiger partial charge in [0, 0.05) is 33.0 Å². The van der Waals surface area contributed by atoms with Gasteiger partial charge >= 0.3 is 0 Å². The van der Waals surface area contributed by atoms with E-state index in [2.05, 4.69) is 115 Å². The van der Waals surface area contributed by atoms with Crippen LogP contribution in [0.3, 0.4) is 0 Å². The van der Waals surface area contributed by atoms with Crippen LogP contribution in [0.15, 0.2) is 162 Å². The quantitative estimate of drug-likeness (QED) is 0.194. The fourth-order valence-electron chi connectivity index (χ4n) is 6.85. The van der Waals surface area contributed by atoms with E-state index in [1.165, 1.54) is 10.8 Å². The van der Waals surface area contributed by atoms with Gasteiger partial charge in [0.05, 0.1) is 16.8 Å². The average molecular weight is 627 g/mol. The molecule has 0 saturated heterocycles. The summed E-state index contributed by atoms with van der Waals surface area (Å²) in [7, 11) is 0. The minimum Gasteiger partial charge on any atom is -0.455 e. The summed E-state index contributed by atoms with van der Waals surface area (Å²) in [4.78, 5) is 20.3. The first-order chi connectivity index (χ1) is 24.2. The first-order valence-corrected chi connectivity index (χ1v) is 16.3. The van der Waals surface area contributed by atoms with E-state index in [-0.39, 0.29) is 0 Å². The largest absolute Gasteiger partial charge is 0.455 e. The number of aromatic nitrogens is 4. The molecule has 0 radical (unpaired) electrons. The van der Waals surface area contributed by atoms with Crippen LogP contribution in [0, 0.1) is 0 Å². The Morgan fingerprint density at radius 3 is 1.57 bits per heavy atom. The monoisotopic (exact) mass is 626 g/mol. The molecule has 0 atom stereocenters. The minimum absolute atomic E-state index is 0.589. The van der Waals surface area contributed by atoms with E-state index >= 15 is 0 Å². The number of benzene rings is 7. The molecule has 3 heterocycles. The van der Waals surface area contributed by atoms with Gasteiger partial charge in [-0.05, 0) is 57.9 Å². The van der Waals surface area contributed by atoms with Crippen molar-refractivity contribution >= 4 is 43.4 Å². The van der Waals surface area contributed by atoms with Crippen molar-refractivity contribution in [3.05, 3.63) is 158 Å². The Morgan fingerprint density at radius 2 is 0.898 bits per heavy atom. The molecule has 10 rings (SSSR count). The molecule has 2 aliphatic heterocycles. The van der Waals surface area contributed by atoms with Crippen molar-refractivity contribution < 1.29 is 4.42 Å². The van der Waals surface area contributed by atoms with Crippen LogP contribution >= 0.6 is 0 Å². The first kappa shape index (κ1) is 27.4. The smallest absolute Gasteiger partial charge is 0.164 e. The molecule has 2 aliphatic rings. The summed E-state index contributed by atoms with van der Waals surface area (Å²) in [5.74, 6) is 2.59. The van der Waals surface area contributed by atoms with Crippen LogP contribution in [-0.2, 0) is 0 Å². The molecule has 0 spiro atoms. The number of hydrogen-bond acceptors (Lipinski definition) is 5. The summed E-state index contributed by atoms with van der Waals surface area (Å²) in [6.07, 6.45) is 0. The SMILES string of the molecule is c1cc(-c2nc(-c3ccc4ccccc4c3)nc(-c3ccc4ccccc4c3)n2)cc(-c2oc3ccccc3c3nc4ccccc4c2-3)c1. The van der Waals surface area contributed by atoms with Crippen LogP contribution in [0.1, 0.15) is 0 Å². The lowest BCUT2D eigenvalue weighted by molar-refractivity contribution is 0.622. The highest BCUT2D eigenvalue weighted by Crippen LogP contribution is 2.44. The van der Waals surface area contributed by atoms with Gasteiger partial charge in [-0.1, -0.05) is 121 Å². The third-order valence-corrected chi connectivity index (χ3v) is 9.26. The Bertz CT molecular complexity index is 2760. The zero-order valence-electron chi connectivity index (χ0n) is 26.2. The Hall–Kier alpha value is -6.72. The lowest BCUT2D eigenvalue weighted by Crippen LogP contribution is -2.00. The Kier molecular flexibility index (Phi) is 6.11. The maximum Gasteiger partial charge on any atom is 0.164 e. The van der Waals surface area contributed by atoms with Gasteiger partial charge in [-0.25, -0.2) is 19.9 Å². The van der Waals surface area contributed by atoms with Crippen molar-refractivity contribution in [2.75, 3.05) is 0 Å². The summed E-state index contributed by atoms with van der Waals surface area (Å²) in [6.45, 7) is 0. The molecule has 0 N–H and O–H groups in total. The van der Waals surface area contributed by atoms with E-state index in [0.29, 0.717) is 17.5 Å². The molecule has 7 aromatic carbocycles. The standard InChI is InChI=1S/C44H26N4O/c1-3-12-29-24-33(22-20-27(29)10-1)43-46-42(47-44(48-43)34-23-21-28-11-2-4-13-30(28)25-34)32-15-9-14-31(26-32)41-39-35-16-5-7-18-37(35)45-40(39)36-17-6-8-19-38(36)49-41/h1-26H. The van der Waals surface area contributed by atoms with Gasteiger partial charge in [0.25, 0.3) is 0 Å². The molecule has 228 valence electrons. The van der Waals surface area contributed by atoms with Crippen LogP contribution in [0.4, 0.5) is 0 Å². The van der Waals surface area contributed by atoms with E-state index in [4.69, 9.17) is 24.4 Å². The van der Waals surface area contributed by atoms with E-state index in [0.717, 1.165) is 71.9 Å². The third-order valence-electron chi connectivity index (χ3n) is 9.26. The van der Waals surface area contributed by atoms with E-state index < -0.39 is 0 Å². The van der Waals surface area contributed by atoms with Crippen LogP contribution in [0.5, 0.6) is 0 Å². The zero-order chi connectivity index (χ0) is 32.3. The van der Waals surface area contributed by atoms with Crippen molar-refractivity contribution in [2.24, 2.45) is 0 Å². The molecule has 5 heteroatoms. The molecule has 8 aromatic rings. The Labute approximate surface area is 281 Å². The molecule has 5 nitrogen and oxygen atoms in total. The average Bonchev–Trinajstić information content (AvgIpc) is 3.57. The van der Waals surface area contributed by atoms with Gasteiger partial charge in [0.2, 0.25) is 0 Å². The summed E-state index contributed by atoms with van der Waals surface area (Å²) < 4.78 is 6.69. The molecule has 0 saturated carbocycles. The minimum atomic E-state index is 0.589. The first-order valence-electron chi connectivity index (χ1n) is 16.3. The van der Waals surface area contributed by atoms with Crippen LogP contribution in [-0.4, -0.2) is 19.9 Å². The zero-order valence-corrected chi connectivity index (χ0v) is 26.2. The molecule has 0 unspecified atom stereocenters. The van der Waals surface area contributed by atoms with Crippen molar-refractivity contribution in [3.8, 4) is 56.7 Å². The topological polar surface area (TPSA) is 64.7 Å². The van der Waals surface area contributed by atoms with Gasteiger partial charge in [0.15, 0.2) is 17.5 Å². The van der Waals surface area contributed by atoms with E-state index in [1.807, 2.05) is 42.5 Å². The molecule has 0 bridgehead atoms. The van der Waals surface area contributed by atoms with Crippen molar-refractivity contribution in [1.82, 2.24) is 19.9 Å². The van der Waals surface area contributed by atoms with Gasteiger partial charge < -0.3 is 4.42 Å². The maximum atomic E-state index is 6.69. The molecule has 49 heavy (non-hydrogen) atoms. The summed E-state index contributed by atoms with van der Waals surface area (Å²) >= 11 is 0. The number of hydrogen-bond donors (Lipinski definition) is 0. The van der Waals surface area contributed by atoms with Crippen molar-refractivity contribution in [1.29, 1.82) is 0 Å². The second-order valence-electron chi connectivity index (χ2n) is 12.3. The summed E-state index contributed by atoms with van der Waals surface area (Å²) in [5, 5.41) is 6.66. The maximum absolute atomic E-state index is 6.69. The van der Waals surface area contributed by atoms with Gasteiger partial charge in [0.1, 0.15) is 11.3 Å². The summed E-state index contributed by atoms with van der Waals surface area (Å²) in [6, 6.07) is 54.0. The van der Waals surface area contributed by atoms with E-state index in [9.17, 15) is 0 Å². The Balaban J connectivity index is 1.18. The van der Waals surface area contributed by atoms with Gasteiger partial charge in [-0.2, -0.15) is 0 Å². The highest BCUT2D eigenvalue weighted by molar-refractivity contribution is 6.10. The fraction of sp³-hybridized carbons (Fsp3) is 0. The predicted octanol–water partition coefficient (Wildman–Crippen LogP) is 11.2. The van der Waals surface area contributed by atoms with Crippen molar-refractivity contribution in [2.45, 2.75) is 0 Å². The molecular weight excluding hydrogens is 601 g/mol. The predicted molar refractivity (Wildman–Crippen MR) is 198 cm³/mol. The van der Waals surface area contributed by atoms with Gasteiger partial charge in [-0.15, -0.1) is 0 Å². The molecule has 0 amide bonds. The lowest BCUT2D eigenvalue weighted by Gasteiger charge is -2.13. The van der Waals surface area contributed by atoms with Gasteiger partial charge in [-0.3, -0.25) is 0 Å². The molecular formula is C44H26N4O. The number of fused-ring (bicyclic) bond motifs is 7. The molecule has 1 aromatic heterocycles. The number of nitrogens with zero attached hydrogens (tertiary/aromatic N) is 4. The van der Waals surface area contributed by atoms with Crippen LogP contribution in [0.25, 0.3) is 100 Å². The number of rotatable bonds is 4. The highest BCUT2D eigenvalue weighted by atomic mass is 16.3. The highest BCUT2D eigenvalue weighted by Gasteiger charge is 2.23. The molecule has 0 aliphatic carbocycles.